The topological polar surface area (TPSA) is 86.9 Å². The third kappa shape index (κ3) is 16.8. The predicted octanol–water partition coefficient (Wildman–Crippen LogP) is 5.72. The van der Waals surface area contributed by atoms with Crippen molar-refractivity contribution in [1.29, 1.82) is 0 Å². The third-order valence-corrected chi connectivity index (χ3v) is 16.7. The van der Waals surface area contributed by atoms with E-state index in [4.69, 9.17) is 26.6 Å². The second-order valence-electron chi connectivity index (χ2n) is 5.95. The Morgan fingerprint density at radius 2 is 0.742 bits per heavy atom. The molecule has 31 heavy (non-hydrogen) atoms. The van der Waals surface area contributed by atoms with Gasteiger partial charge in [0.05, 0.1) is 0 Å². The van der Waals surface area contributed by atoms with Crippen LogP contribution in [0.25, 0.3) is 0 Å². The molecule has 0 rings (SSSR count). The molecule has 0 fully saturated rings. The minimum Gasteiger partial charge on any atom is -0.412 e. The van der Waals surface area contributed by atoms with Crippen LogP contribution in [0.2, 0.25) is 12.1 Å². The summed E-state index contributed by atoms with van der Waals surface area (Å²) in [7, 11) is 2.48. The van der Waals surface area contributed by atoms with E-state index in [0.717, 1.165) is 36.4 Å². The van der Waals surface area contributed by atoms with Gasteiger partial charge in [-0.05, 0) is 74.0 Å². The van der Waals surface area contributed by atoms with Gasteiger partial charge >= 0.3 is 17.6 Å². The first kappa shape index (κ1) is 34.7. The van der Waals surface area contributed by atoms with Crippen molar-refractivity contribution in [2.24, 2.45) is 0 Å². The van der Waals surface area contributed by atoms with Gasteiger partial charge in [-0.25, -0.2) is 0 Å². The van der Waals surface area contributed by atoms with Crippen molar-refractivity contribution in [2.75, 3.05) is 51.1 Å². The van der Waals surface area contributed by atoms with E-state index in [1.807, 2.05) is 82.8 Å². The molecule has 0 amide bonds. The van der Waals surface area contributed by atoms with Crippen molar-refractivity contribution in [3.8, 4) is 0 Å². The lowest BCUT2D eigenvalue weighted by Gasteiger charge is -2.28. The van der Waals surface area contributed by atoms with Crippen LogP contribution in [0.15, 0.2) is 0 Å². The Balaban J connectivity index is 0. The Bertz CT molecular complexity index is 323. The van der Waals surface area contributed by atoms with Crippen LogP contribution >= 0.6 is 41.2 Å². The smallest absolute Gasteiger partial charge is 0.412 e. The lowest BCUT2D eigenvalue weighted by Crippen LogP contribution is -2.46. The monoisotopic (exact) mass is 556 g/mol. The maximum atomic E-state index is 5.90. The molecule has 0 saturated carbocycles. The summed E-state index contributed by atoms with van der Waals surface area (Å²) in [6.07, 6.45) is 2.08. The molecule has 0 unspecified atom stereocenters. The minimum absolute atomic E-state index is 0. The predicted molar refractivity (Wildman–Crippen MR) is 144 cm³/mol. The van der Waals surface area contributed by atoms with Gasteiger partial charge in [0, 0.05) is 63.2 Å². The second kappa shape index (κ2) is 23.3. The van der Waals surface area contributed by atoms with Crippen molar-refractivity contribution < 1.29 is 32.0 Å². The van der Waals surface area contributed by atoms with Crippen LogP contribution in [0.3, 0.4) is 0 Å². The first-order valence-electron chi connectivity index (χ1n) is 11.0. The van der Waals surface area contributed by atoms with Crippen LogP contribution in [-0.2, 0) is 26.6 Å². The van der Waals surface area contributed by atoms with Crippen LogP contribution in [0.4, 0.5) is 0 Å². The highest BCUT2D eigenvalue weighted by Gasteiger charge is 2.40. The van der Waals surface area contributed by atoms with Gasteiger partial charge in [0.15, 0.2) is 0 Å². The molecule has 0 aromatic rings. The molecule has 0 atom stereocenters. The fourth-order valence-electron chi connectivity index (χ4n) is 2.81. The molecule has 0 saturated heterocycles. The highest BCUT2D eigenvalue weighted by molar-refractivity contribution is 9.26. The van der Waals surface area contributed by atoms with E-state index in [2.05, 4.69) is 0 Å². The summed E-state index contributed by atoms with van der Waals surface area (Å²) in [6.45, 7) is 15.8. The molecule has 0 spiro atoms. The van der Waals surface area contributed by atoms with Gasteiger partial charge in [-0.15, -0.1) is 0 Å². The standard InChI is InChI=1S/C18H42O6S4Si2.H2O/c1-7-19-29(20-8-2,21-9-3)17-13-15-25-27-28-26-16-14-18-30(22-10-4,23-11-5)24-12-6;/h7-18H2,1-6H3;1H2. The lowest BCUT2D eigenvalue weighted by atomic mass is 10.6. The van der Waals surface area contributed by atoms with Gasteiger partial charge in [-0.2, -0.15) is 0 Å². The highest BCUT2D eigenvalue weighted by atomic mass is 33.7. The largest absolute Gasteiger partial charge is 0.500 e. The van der Waals surface area contributed by atoms with E-state index < -0.39 is 17.6 Å². The van der Waals surface area contributed by atoms with Crippen molar-refractivity contribution in [3.05, 3.63) is 0 Å². The summed E-state index contributed by atoms with van der Waals surface area (Å²) in [5, 5.41) is 0. The molecule has 190 valence electrons. The number of rotatable bonds is 23. The molecule has 0 aromatic carbocycles. The fourth-order valence-corrected chi connectivity index (χ4v) is 14.7. The molecule has 0 aromatic heterocycles. The van der Waals surface area contributed by atoms with Gasteiger partial charge in [0.2, 0.25) is 0 Å². The molecular formula is C18H44O7S4Si2. The quantitative estimate of drug-likeness (QED) is 0.0885. The number of hydrogen-bond acceptors (Lipinski definition) is 10. The summed E-state index contributed by atoms with van der Waals surface area (Å²) in [5.74, 6) is 2.13. The molecule has 0 aliphatic rings. The van der Waals surface area contributed by atoms with Gasteiger partial charge in [0.1, 0.15) is 0 Å². The second-order valence-corrected chi connectivity index (χ2v) is 17.7. The first-order chi connectivity index (χ1) is 14.6. The Morgan fingerprint density at radius 1 is 0.484 bits per heavy atom. The van der Waals surface area contributed by atoms with Gasteiger partial charge < -0.3 is 32.0 Å². The SMILES string of the molecule is CCO[Si](CCCSSSSCCC[Si](OCC)(OCC)OCC)(OCC)OCC.O. The highest BCUT2D eigenvalue weighted by Crippen LogP contribution is 2.44. The molecular weight excluding hydrogens is 513 g/mol. The zero-order valence-corrected chi connectivity index (χ0v) is 25.3. The number of hydrogen-bond donors (Lipinski definition) is 0. The van der Waals surface area contributed by atoms with E-state index in [0.29, 0.717) is 39.6 Å². The van der Waals surface area contributed by atoms with Gasteiger partial charge in [-0.3, -0.25) is 0 Å². The average molecular weight is 557 g/mol. The van der Waals surface area contributed by atoms with Crippen LogP contribution < -0.4 is 0 Å². The molecule has 0 heterocycles. The Hall–Kier alpha value is 1.55. The molecule has 2 N–H and O–H groups in total. The van der Waals surface area contributed by atoms with Gasteiger partial charge in [-0.1, -0.05) is 21.6 Å². The summed E-state index contributed by atoms with van der Waals surface area (Å²) < 4.78 is 35.4. The Labute approximate surface area is 207 Å². The molecule has 7 nitrogen and oxygen atoms in total. The Kier molecular flexibility index (Phi) is 26.1. The van der Waals surface area contributed by atoms with E-state index in [1.54, 1.807) is 0 Å². The van der Waals surface area contributed by atoms with Crippen molar-refractivity contribution in [3.63, 3.8) is 0 Å². The normalized spacial score (nSPS) is 12.2. The molecule has 0 aliphatic heterocycles. The summed E-state index contributed by atoms with van der Waals surface area (Å²) in [4.78, 5) is 0. The summed E-state index contributed by atoms with van der Waals surface area (Å²) >= 11 is 0. The summed E-state index contributed by atoms with van der Waals surface area (Å²) in [6, 6.07) is 1.76. The van der Waals surface area contributed by atoms with E-state index in [9.17, 15) is 0 Å². The van der Waals surface area contributed by atoms with Crippen LogP contribution in [0, 0.1) is 0 Å². The molecule has 0 radical (unpaired) electrons. The van der Waals surface area contributed by atoms with Crippen LogP contribution in [0.5, 0.6) is 0 Å². The first-order valence-corrected chi connectivity index (χ1v) is 20.0. The zero-order valence-electron chi connectivity index (χ0n) is 20.1. The van der Waals surface area contributed by atoms with E-state index >= 15 is 0 Å². The van der Waals surface area contributed by atoms with Crippen LogP contribution in [-0.4, -0.2) is 74.2 Å². The van der Waals surface area contributed by atoms with Gasteiger partial charge in [0.25, 0.3) is 0 Å². The van der Waals surface area contributed by atoms with Crippen molar-refractivity contribution >= 4 is 58.8 Å². The lowest BCUT2D eigenvalue weighted by molar-refractivity contribution is 0.0704. The van der Waals surface area contributed by atoms with Crippen molar-refractivity contribution in [2.45, 2.75) is 66.5 Å². The van der Waals surface area contributed by atoms with Crippen molar-refractivity contribution in [1.82, 2.24) is 0 Å². The average Bonchev–Trinajstić information content (AvgIpc) is 2.70. The molecule has 0 aliphatic carbocycles. The zero-order chi connectivity index (χ0) is 22.6. The van der Waals surface area contributed by atoms with Crippen LogP contribution in [0.1, 0.15) is 54.4 Å². The summed E-state index contributed by atoms with van der Waals surface area (Å²) in [5.41, 5.74) is 0. The van der Waals surface area contributed by atoms with E-state index in [1.165, 1.54) is 0 Å². The maximum Gasteiger partial charge on any atom is 0.500 e. The fraction of sp³-hybridized carbons (Fsp3) is 1.00. The maximum absolute atomic E-state index is 5.90. The molecule has 13 heteroatoms. The Morgan fingerprint density at radius 3 is 0.968 bits per heavy atom. The minimum atomic E-state index is -2.49. The molecule has 0 bridgehead atoms. The van der Waals surface area contributed by atoms with E-state index in [-0.39, 0.29) is 5.48 Å². The third-order valence-electron chi connectivity index (χ3n) is 3.73.